The van der Waals surface area contributed by atoms with Crippen LogP contribution in [0.3, 0.4) is 0 Å². The number of ether oxygens (including phenoxy) is 1. The normalized spacial score (nSPS) is 12.5. The predicted octanol–water partition coefficient (Wildman–Crippen LogP) is 2.89. The highest BCUT2D eigenvalue weighted by Gasteiger charge is 2.18. The van der Waals surface area contributed by atoms with Crippen LogP contribution in [0.15, 0.2) is 18.2 Å². The van der Waals surface area contributed by atoms with Gasteiger partial charge in [-0.2, -0.15) is 0 Å². The Balaban J connectivity index is 2.73. The lowest BCUT2D eigenvalue weighted by Gasteiger charge is -2.13. The number of hydrogen-bond acceptors (Lipinski definition) is 2. The van der Waals surface area contributed by atoms with Crippen molar-refractivity contribution in [3.05, 3.63) is 35.4 Å². The van der Waals surface area contributed by atoms with E-state index < -0.39 is 17.7 Å². The molecule has 0 radical (unpaired) electrons. The van der Waals surface area contributed by atoms with Crippen molar-refractivity contribution in [1.82, 2.24) is 0 Å². The molecule has 0 heterocycles. The summed E-state index contributed by atoms with van der Waals surface area (Å²) in [5, 5.41) is 0. The third-order valence-electron chi connectivity index (χ3n) is 2.48. The smallest absolute Gasteiger partial charge is 0.165 e. The highest BCUT2D eigenvalue weighted by Crippen LogP contribution is 2.12. The van der Waals surface area contributed by atoms with Crippen LogP contribution in [0.1, 0.15) is 25.8 Å². The zero-order chi connectivity index (χ0) is 12.8. The van der Waals surface area contributed by atoms with Gasteiger partial charge in [0.15, 0.2) is 5.78 Å². The summed E-state index contributed by atoms with van der Waals surface area (Å²) < 4.78 is 31.3. The number of hydrogen-bond donors (Lipinski definition) is 0. The molecular formula is C13H16F2O2. The van der Waals surface area contributed by atoms with Gasteiger partial charge in [0, 0.05) is 19.1 Å². The molecule has 0 N–H and O–H groups in total. The molecule has 0 saturated heterocycles. The summed E-state index contributed by atoms with van der Waals surface area (Å²) in [5.41, 5.74) is 0.203. The van der Waals surface area contributed by atoms with Crippen molar-refractivity contribution in [1.29, 1.82) is 0 Å². The molecule has 17 heavy (non-hydrogen) atoms. The number of halogens is 2. The van der Waals surface area contributed by atoms with Crippen LogP contribution in [0.2, 0.25) is 0 Å². The predicted molar refractivity (Wildman–Crippen MR) is 60.8 cm³/mol. The molecule has 94 valence electrons. The topological polar surface area (TPSA) is 26.3 Å². The zero-order valence-electron chi connectivity index (χ0n) is 10.0. The van der Waals surface area contributed by atoms with Gasteiger partial charge in [-0.15, -0.1) is 0 Å². The van der Waals surface area contributed by atoms with E-state index in [0.29, 0.717) is 13.0 Å². The van der Waals surface area contributed by atoms with Crippen molar-refractivity contribution >= 4 is 5.78 Å². The molecule has 0 fully saturated rings. The van der Waals surface area contributed by atoms with Crippen LogP contribution >= 0.6 is 0 Å². The number of benzene rings is 1. The number of rotatable bonds is 6. The van der Waals surface area contributed by atoms with Gasteiger partial charge in [-0.1, -0.05) is 13.0 Å². The second-order valence-electron chi connectivity index (χ2n) is 3.73. The van der Waals surface area contributed by atoms with Crippen LogP contribution in [0.4, 0.5) is 8.78 Å². The molecule has 1 aromatic carbocycles. The summed E-state index contributed by atoms with van der Waals surface area (Å²) in [6, 6.07) is 3.22. The van der Waals surface area contributed by atoms with Gasteiger partial charge in [0.1, 0.15) is 17.7 Å². The molecule has 1 aromatic rings. The molecule has 4 heteroatoms. The minimum absolute atomic E-state index is 0.0649. The SMILES string of the molecule is CCOC(CC)C(=O)Cc1ccc(F)cc1F. The van der Waals surface area contributed by atoms with E-state index in [1.54, 1.807) is 6.92 Å². The molecule has 0 aliphatic heterocycles. The second kappa shape index (κ2) is 6.45. The van der Waals surface area contributed by atoms with E-state index in [1.165, 1.54) is 6.07 Å². The van der Waals surface area contributed by atoms with Gasteiger partial charge in [0.05, 0.1) is 0 Å². The average Bonchev–Trinajstić information content (AvgIpc) is 2.29. The van der Waals surface area contributed by atoms with Crippen LogP contribution in [0, 0.1) is 11.6 Å². The highest BCUT2D eigenvalue weighted by atomic mass is 19.1. The maximum atomic E-state index is 13.3. The van der Waals surface area contributed by atoms with Crippen molar-refractivity contribution in [3.8, 4) is 0 Å². The molecular weight excluding hydrogens is 226 g/mol. The fourth-order valence-electron chi connectivity index (χ4n) is 1.61. The molecule has 0 aliphatic carbocycles. The van der Waals surface area contributed by atoms with Gasteiger partial charge in [-0.3, -0.25) is 4.79 Å². The first-order valence-corrected chi connectivity index (χ1v) is 5.66. The monoisotopic (exact) mass is 242 g/mol. The van der Waals surface area contributed by atoms with E-state index in [0.717, 1.165) is 12.1 Å². The minimum atomic E-state index is -0.690. The second-order valence-corrected chi connectivity index (χ2v) is 3.73. The number of ketones is 1. The number of carbonyl (C=O) groups excluding carboxylic acids is 1. The van der Waals surface area contributed by atoms with Crippen molar-refractivity contribution in [2.45, 2.75) is 32.8 Å². The lowest BCUT2D eigenvalue weighted by Crippen LogP contribution is -2.25. The summed E-state index contributed by atoms with van der Waals surface area (Å²) in [6.07, 6.45) is -0.0235. The Kier molecular flexibility index (Phi) is 5.22. The molecule has 0 aromatic heterocycles. The van der Waals surface area contributed by atoms with Crippen LogP contribution < -0.4 is 0 Å². The number of Topliss-reactive ketones (excluding diaryl/α,β-unsaturated/α-hetero) is 1. The van der Waals surface area contributed by atoms with Crippen LogP contribution in [-0.2, 0) is 16.0 Å². The summed E-state index contributed by atoms with van der Waals surface area (Å²) in [7, 11) is 0. The molecule has 0 bridgehead atoms. The fraction of sp³-hybridized carbons (Fsp3) is 0.462. The lowest BCUT2D eigenvalue weighted by molar-refractivity contribution is -0.129. The molecule has 0 aliphatic rings. The van der Waals surface area contributed by atoms with Gasteiger partial charge in [0.25, 0.3) is 0 Å². The Morgan fingerprint density at radius 2 is 2.06 bits per heavy atom. The minimum Gasteiger partial charge on any atom is -0.371 e. The van der Waals surface area contributed by atoms with Crippen molar-refractivity contribution in [3.63, 3.8) is 0 Å². The van der Waals surface area contributed by atoms with E-state index in [-0.39, 0.29) is 17.8 Å². The van der Waals surface area contributed by atoms with Gasteiger partial charge >= 0.3 is 0 Å². The Bertz CT molecular complexity index is 391. The van der Waals surface area contributed by atoms with Gasteiger partial charge in [-0.25, -0.2) is 8.78 Å². The van der Waals surface area contributed by atoms with E-state index in [4.69, 9.17) is 4.74 Å². The Morgan fingerprint density at radius 3 is 2.59 bits per heavy atom. The summed E-state index contributed by atoms with van der Waals surface area (Å²) in [4.78, 5) is 11.8. The average molecular weight is 242 g/mol. The fourth-order valence-corrected chi connectivity index (χ4v) is 1.61. The van der Waals surface area contributed by atoms with Crippen molar-refractivity contribution < 1.29 is 18.3 Å². The first-order chi connectivity index (χ1) is 8.08. The maximum absolute atomic E-state index is 13.3. The lowest BCUT2D eigenvalue weighted by atomic mass is 10.0. The van der Waals surface area contributed by atoms with Crippen LogP contribution in [-0.4, -0.2) is 18.5 Å². The Labute approximate surface area is 99.6 Å². The molecule has 2 nitrogen and oxygen atoms in total. The highest BCUT2D eigenvalue weighted by molar-refractivity contribution is 5.85. The molecule has 0 amide bonds. The summed E-state index contributed by atoms with van der Waals surface area (Å²) in [6.45, 7) is 4.07. The largest absolute Gasteiger partial charge is 0.371 e. The zero-order valence-corrected chi connectivity index (χ0v) is 10.0. The third-order valence-corrected chi connectivity index (χ3v) is 2.48. The molecule has 1 atom stereocenters. The Hall–Kier alpha value is -1.29. The van der Waals surface area contributed by atoms with E-state index in [9.17, 15) is 13.6 Å². The first-order valence-electron chi connectivity index (χ1n) is 5.66. The van der Waals surface area contributed by atoms with E-state index in [1.807, 2.05) is 6.92 Å². The van der Waals surface area contributed by atoms with E-state index >= 15 is 0 Å². The molecule has 1 rings (SSSR count). The summed E-state index contributed by atoms with van der Waals surface area (Å²) in [5.74, 6) is -1.51. The van der Waals surface area contributed by atoms with Crippen molar-refractivity contribution in [2.75, 3.05) is 6.61 Å². The summed E-state index contributed by atoms with van der Waals surface area (Å²) >= 11 is 0. The van der Waals surface area contributed by atoms with Gasteiger partial charge < -0.3 is 4.74 Å². The van der Waals surface area contributed by atoms with Gasteiger partial charge in [-0.05, 0) is 25.0 Å². The van der Waals surface area contributed by atoms with Gasteiger partial charge in [0.2, 0.25) is 0 Å². The number of carbonyl (C=O) groups is 1. The van der Waals surface area contributed by atoms with Crippen LogP contribution in [0.5, 0.6) is 0 Å². The molecule has 0 spiro atoms. The third kappa shape index (κ3) is 3.89. The maximum Gasteiger partial charge on any atom is 0.165 e. The molecule has 1 unspecified atom stereocenters. The quantitative estimate of drug-likeness (QED) is 0.766. The van der Waals surface area contributed by atoms with E-state index in [2.05, 4.69) is 0 Å². The van der Waals surface area contributed by atoms with Crippen molar-refractivity contribution in [2.24, 2.45) is 0 Å². The standard InChI is InChI=1S/C13H16F2O2/c1-3-13(17-4-2)12(16)7-9-5-6-10(14)8-11(9)15/h5-6,8,13H,3-4,7H2,1-2H3. The first kappa shape index (κ1) is 13.8. The van der Waals surface area contributed by atoms with Crippen LogP contribution in [0.25, 0.3) is 0 Å². The molecule has 0 saturated carbocycles. The Morgan fingerprint density at radius 1 is 1.35 bits per heavy atom.